The molecule has 2 rings (SSSR count). The molecule has 0 atom stereocenters. The zero-order valence-corrected chi connectivity index (χ0v) is 9.67. The van der Waals surface area contributed by atoms with Gasteiger partial charge in [-0.15, -0.1) is 0 Å². The van der Waals surface area contributed by atoms with Crippen molar-refractivity contribution in [1.82, 2.24) is 4.98 Å². The fourth-order valence-electron chi connectivity index (χ4n) is 1.54. The molecule has 1 N–H and O–H groups in total. The summed E-state index contributed by atoms with van der Waals surface area (Å²) in [6.07, 6.45) is 0.823. The Kier molecular flexibility index (Phi) is 3.50. The Balaban J connectivity index is 2.30. The summed E-state index contributed by atoms with van der Waals surface area (Å²) >= 11 is 0. The van der Waals surface area contributed by atoms with Crippen LogP contribution in [0.25, 0.3) is 0 Å². The van der Waals surface area contributed by atoms with Crippen LogP contribution < -0.4 is 5.32 Å². The number of aryl methyl sites for hydroxylation is 1. The van der Waals surface area contributed by atoms with E-state index in [0.717, 1.165) is 12.0 Å². The summed E-state index contributed by atoms with van der Waals surface area (Å²) in [6.45, 7) is 1.98. The second-order valence-corrected chi connectivity index (χ2v) is 3.77. The quantitative estimate of drug-likeness (QED) is 0.840. The maximum absolute atomic E-state index is 13.4. The number of hydrogen-bond donors (Lipinski definition) is 1. The van der Waals surface area contributed by atoms with E-state index < -0.39 is 17.6 Å². The Morgan fingerprint density at radius 3 is 2.61 bits per heavy atom. The average Bonchev–Trinajstić information content (AvgIpc) is 2.36. The van der Waals surface area contributed by atoms with Crippen molar-refractivity contribution in [2.75, 3.05) is 5.32 Å². The Labute approximate surface area is 102 Å². The molecule has 94 valence electrons. The van der Waals surface area contributed by atoms with Crippen molar-refractivity contribution in [2.24, 2.45) is 0 Å². The average molecular weight is 252 g/mol. The highest BCUT2D eigenvalue weighted by molar-refractivity contribution is 5.57. The molecule has 0 spiro atoms. The van der Waals surface area contributed by atoms with Gasteiger partial charge < -0.3 is 5.32 Å². The summed E-state index contributed by atoms with van der Waals surface area (Å²) in [7, 11) is 0. The van der Waals surface area contributed by atoms with E-state index in [0.29, 0.717) is 11.8 Å². The predicted molar refractivity (Wildman–Crippen MR) is 63.2 cm³/mol. The van der Waals surface area contributed by atoms with Crippen LogP contribution in [0.5, 0.6) is 0 Å². The van der Waals surface area contributed by atoms with Gasteiger partial charge in [-0.3, -0.25) is 0 Å². The van der Waals surface area contributed by atoms with Gasteiger partial charge in [0.1, 0.15) is 0 Å². The molecular weight excluding hydrogens is 241 g/mol. The third kappa shape index (κ3) is 2.61. The first-order valence-electron chi connectivity index (χ1n) is 5.47. The molecule has 0 saturated carbocycles. The lowest BCUT2D eigenvalue weighted by Crippen LogP contribution is -2.01. The van der Waals surface area contributed by atoms with Gasteiger partial charge in [-0.2, -0.15) is 9.37 Å². The van der Waals surface area contributed by atoms with Crippen molar-refractivity contribution in [3.05, 3.63) is 53.5 Å². The molecule has 2 aromatic rings. The van der Waals surface area contributed by atoms with E-state index in [9.17, 15) is 13.2 Å². The smallest absolute Gasteiger partial charge is 0.251 e. The lowest BCUT2D eigenvalue weighted by Gasteiger charge is -2.08. The normalized spacial score (nSPS) is 10.4. The Morgan fingerprint density at radius 2 is 1.89 bits per heavy atom. The van der Waals surface area contributed by atoms with Gasteiger partial charge in [-0.1, -0.05) is 19.1 Å². The molecule has 1 aromatic carbocycles. The van der Waals surface area contributed by atoms with Crippen molar-refractivity contribution in [3.63, 3.8) is 0 Å². The van der Waals surface area contributed by atoms with E-state index in [2.05, 4.69) is 10.3 Å². The molecule has 1 aromatic heterocycles. The van der Waals surface area contributed by atoms with E-state index in [-0.39, 0.29) is 5.82 Å². The minimum absolute atomic E-state index is 0.331. The third-order valence-corrected chi connectivity index (χ3v) is 2.48. The number of hydrogen-bond acceptors (Lipinski definition) is 2. The molecule has 0 saturated heterocycles. The second kappa shape index (κ2) is 5.08. The highest BCUT2D eigenvalue weighted by Gasteiger charge is 2.11. The third-order valence-electron chi connectivity index (χ3n) is 2.48. The Morgan fingerprint density at radius 1 is 1.11 bits per heavy atom. The fraction of sp³-hybridized carbons (Fsp3) is 0.154. The number of halogens is 3. The number of nitrogens with one attached hydrogen (secondary N) is 1. The van der Waals surface area contributed by atoms with E-state index in [4.69, 9.17) is 0 Å². The van der Waals surface area contributed by atoms with Gasteiger partial charge in [0.05, 0.1) is 0 Å². The minimum atomic E-state index is -1.33. The van der Waals surface area contributed by atoms with Crippen LogP contribution in [0.1, 0.15) is 12.5 Å². The Hall–Kier alpha value is -2.04. The first-order valence-corrected chi connectivity index (χ1v) is 5.47. The largest absolute Gasteiger partial charge is 0.338 e. The summed E-state index contributed by atoms with van der Waals surface area (Å²) in [5.41, 5.74) is 1.62. The number of aromatic nitrogens is 1. The second-order valence-electron chi connectivity index (χ2n) is 3.77. The van der Waals surface area contributed by atoms with E-state index in [1.807, 2.05) is 13.0 Å². The molecular formula is C13H11F3N2. The van der Waals surface area contributed by atoms with E-state index >= 15 is 0 Å². The van der Waals surface area contributed by atoms with Crippen LogP contribution in [-0.2, 0) is 6.42 Å². The number of nitrogens with zero attached hydrogens (tertiary/aromatic N) is 1. The lowest BCUT2D eigenvalue weighted by atomic mass is 10.1. The molecule has 0 aliphatic heterocycles. The van der Waals surface area contributed by atoms with Crippen LogP contribution in [-0.4, -0.2) is 4.98 Å². The monoisotopic (exact) mass is 252 g/mol. The first-order chi connectivity index (χ1) is 8.60. The van der Waals surface area contributed by atoms with Gasteiger partial charge >= 0.3 is 0 Å². The standard InChI is InChI=1S/C13H11F3N2/c1-2-8-4-3-5-9(6-8)17-13-11(15)7-10(14)12(16)18-13/h3-7H,2H2,1H3,(H,17,18). The molecule has 1 heterocycles. The highest BCUT2D eigenvalue weighted by atomic mass is 19.2. The maximum atomic E-state index is 13.4. The summed E-state index contributed by atoms with van der Waals surface area (Å²) in [4.78, 5) is 3.20. The van der Waals surface area contributed by atoms with Gasteiger partial charge in [-0.25, -0.2) is 8.78 Å². The van der Waals surface area contributed by atoms with Gasteiger partial charge in [0.2, 0.25) is 0 Å². The van der Waals surface area contributed by atoms with Gasteiger partial charge in [0.15, 0.2) is 17.5 Å². The highest BCUT2D eigenvalue weighted by Crippen LogP contribution is 2.20. The first kappa shape index (κ1) is 12.4. The molecule has 0 aliphatic carbocycles. The van der Waals surface area contributed by atoms with Crippen LogP contribution in [0.15, 0.2) is 30.3 Å². The van der Waals surface area contributed by atoms with E-state index in [1.54, 1.807) is 18.2 Å². The van der Waals surface area contributed by atoms with Crippen LogP contribution in [0.3, 0.4) is 0 Å². The number of anilines is 2. The van der Waals surface area contributed by atoms with Gasteiger partial charge in [0, 0.05) is 11.8 Å². The van der Waals surface area contributed by atoms with Crippen molar-refractivity contribution in [2.45, 2.75) is 13.3 Å². The number of rotatable bonds is 3. The van der Waals surface area contributed by atoms with Crippen molar-refractivity contribution < 1.29 is 13.2 Å². The van der Waals surface area contributed by atoms with Crippen LogP contribution in [0.2, 0.25) is 0 Å². The summed E-state index contributed by atoms with van der Waals surface area (Å²) < 4.78 is 39.0. The fourth-order valence-corrected chi connectivity index (χ4v) is 1.54. The molecule has 0 amide bonds. The topological polar surface area (TPSA) is 24.9 Å². The molecule has 0 unspecified atom stereocenters. The zero-order chi connectivity index (χ0) is 13.1. The summed E-state index contributed by atoms with van der Waals surface area (Å²) in [6, 6.07) is 7.66. The van der Waals surface area contributed by atoms with E-state index in [1.165, 1.54) is 0 Å². The van der Waals surface area contributed by atoms with Gasteiger partial charge in [-0.05, 0) is 24.1 Å². The molecule has 18 heavy (non-hydrogen) atoms. The van der Waals surface area contributed by atoms with Crippen LogP contribution in [0.4, 0.5) is 24.7 Å². The molecule has 0 aliphatic rings. The maximum Gasteiger partial charge on any atom is 0.251 e. The zero-order valence-electron chi connectivity index (χ0n) is 9.67. The molecule has 0 bridgehead atoms. The number of benzene rings is 1. The van der Waals surface area contributed by atoms with Crippen molar-refractivity contribution in [1.29, 1.82) is 0 Å². The van der Waals surface area contributed by atoms with Crippen LogP contribution in [0, 0.1) is 17.6 Å². The van der Waals surface area contributed by atoms with Crippen molar-refractivity contribution >= 4 is 11.5 Å². The molecule has 0 fully saturated rings. The molecule has 0 radical (unpaired) electrons. The predicted octanol–water partition coefficient (Wildman–Crippen LogP) is 3.80. The SMILES string of the molecule is CCc1cccc(Nc2nc(F)c(F)cc2F)c1. The van der Waals surface area contributed by atoms with Crippen LogP contribution >= 0.6 is 0 Å². The molecule has 5 heteroatoms. The number of pyridine rings is 1. The minimum Gasteiger partial charge on any atom is -0.338 e. The van der Waals surface area contributed by atoms with Crippen molar-refractivity contribution in [3.8, 4) is 0 Å². The summed E-state index contributed by atoms with van der Waals surface area (Å²) in [5.74, 6) is -3.90. The Bertz CT molecular complexity index is 570. The molecule has 2 nitrogen and oxygen atoms in total. The summed E-state index contributed by atoms with van der Waals surface area (Å²) in [5, 5.41) is 2.62. The lowest BCUT2D eigenvalue weighted by molar-refractivity contribution is 0.467. The van der Waals surface area contributed by atoms with Gasteiger partial charge in [0.25, 0.3) is 5.95 Å².